The van der Waals surface area contributed by atoms with E-state index in [9.17, 15) is 4.79 Å². The summed E-state index contributed by atoms with van der Waals surface area (Å²) in [7, 11) is 0. The molecule has 2 aromatic rings. The Kier molecular flexibility index (Phi) is 4.29. The predicted octanol–water partition coefficient (Wildman–Crippen LogP) is 3.52. The van der Waals surface area contributed by atoms with Crippen molar-refractivity contribution in [3.63, 3.8) is 0 Å². The Hall–Kier alpha value is -2.16. The van der Waals surface area contributed by atoms with Gasteiger partial charge in [0.15, 0.2) is 0 Å². The van der Waals surface area contributed by atoms with E-state index in [4.69, 9.17) is 0 Å². The van der Waals surface area contributed by atoms with E-state index in [1.807, 2.05) is 62.4 Å². The zero-order valence-electron chi connectivity index (χ0n) is 11.3. The topological polar surface area (TPSA) is 42.0 Å². The molecule has 0 bridgehead atoms. The molecule has 0 spiro atoms. The molecular formula is C16H18N2O. The van der Waals surface area contributed by atoms with Crippen LogP contribution in [0.25, 0.3) is 0 Å². The molecule has 0 aliphatic heterocycles. The maximum atomic E-state index is 12.3. The normalized spacial score (nSPS) is 11.9. The van der Waals surface area contributed by atoms with Crippen molar-refractivity contribution in [2.45, 2.75) is 26.2 Å². The molecule has 0 saturated heterocycles. The summed E-state index contributed by atoms with van der Waals surface area (Å²) in [6.45, 7) is 3.92. The van der Waals surface area contributed by atoms with Gasteiger partial charge in [0.25, 0.3) is 0 Å². The molecule has 1 atom stereocenters. The molecule has 2 rings (SSSR count). The van der Waals surface area contributed by atoms with Crippen molar-refractivity contribution < 1.29 is 4.79 Å². The van der Waals surface area contributed by atoms with Crippen molar-refractivity contribution in [2.24, 2.45) is 0 Å². The number of amides is 1. The second kappa shape index (κ2) is 6.14. The highest BCUT2D eigenvalue weighted by atomic mass is 16.1. The van der Waals surface area contributed by atoms with E-state index in [-0.39, 0.29) is 11.8 Å². The molecule has 0 fully saturated rings. The Morgan fingerprint density at radius 1 is 1.16 bits per heavy atom. The monoisotopic (exact) mass is 254 g/mol. The van der Waals surface area contributed by atoms with Crippen molar-refractivity contribution in [1.29, 1.82) is 0 Å². The van der Waals surface area contributed by atoms with Crippen LogP contribution in [-0.2, 0) is 4.79 Å². The van der Waals surface area contributed by atoms with Crippen LogP contribution in [-0.4, -0.2) is 10.9 Å². The van der Waals surface area contributed by atoms with Crippen LogP contribution in [0.5, 0.6) is 0 Å². The van der Waals surface area contributed by atoms with Gasteiger partial charge in [-0.25, -0.2) is 4.98 Å². The predicted molar refractivity (Wildman–Crippen MR) is 77.1 cm³/mol. The molecule has 0 aliphatic carbocycles. The Morgan fingerprint density at radius 3 is 2.53 bits per heavy atom. The molecule has 1 aromatic heterocycles. The first-order valence-electron chi connectivity index (χ1n) is 6.50. The molecule has 3 heteroatoms. The minimum absolute atomic E-state index is 0.00759. The number of benzene rings is 1. The van der Waals surface area contributed by atoms with E-state index in [0.717, 1.165) is 17.7 Å². The van der Waals surface area contributed by atoms with Gasteiger partial charge in [-0.05, 0) is 31.0 Å². The SMILES string of the molecule is CC[C@@H](C(=O)Nc1cccc(C)n1)c1ccccc1. The number of carbonyl (C=O) groups excluding carboxylic acids is 1. The highest BCUT2D eigenvalue weighted by Gasteiger charge is 2.18. The largest absolute Gasteiger partial charge is 0.310 e. The van der Waals surface area contributed by atoms with Crippen molar-refractivity contribution in [3.8, 4) is 0 Å². The third-order valence-corrected chi connectivity index (χ3v) is 3.07. The van der Waals surface area contributed by atoms with E-state index in [1.165, 1.54) is 0 Å². The van der Waals surface area contributed by atoms with Gasteiger partial charge in [0.1, 0.15) is 5.82 Å². The number of hydrogen-bond acceptors (Lipinski definition) is 2. The average molecular weight is 254 g/mol. The van der Waals surface area contributed by atoms with E-state index < -0.39 is 0 Å². The summed E-state index contributed by atoms with van der Waals surface area (Å²) in [5, 5.41) is 2.88. The smallest absolute Gasteiger partial charge is 0.233 e. The van der Waals surface area contributed by atoms with E-state index >= 15 is 0 Å². The lowest BCUT2D eigenvalue weighted by atomic mass is 9.96. The molecule has 0 saturated carbocycles. The maximum absolute atomic E-state index is 12.3. The minimum atomic E-state index is -0.136. The molecule has 0 radical (unpaired) electrons. The highest BCUT2D eigenvalue weighted by molar-refractivity contribution is 5.95. The summed E-state index contributed by atoms with van der Waals surface area (Å²) < 4.78 is 0. The van der Waals surface area contributed by atoms with Gasteiger partial charge >= 0.3 is 0 Å². The van der Waals surface area contributed by atoms with Crippen LogP contribution in [0, 0.1) is 6.92 Å². The van der Waals surface area contributed by atoms with Crippen LogP contribution >= 0.6 is 0 Å². The number of nitrogens with zero attached hydrogens (tertiary/aromatic N) is 1. The summed E-state index contributed by atoms with van der Waals surface area (Å²) in [5.41, 5.74) is 1.93. The summed E-state index contributed by atoms with van der Waals surface area (Å²) in [5.74, 6) is 0.467. The lowest BCUT2D eigenvalue weighted by molar-refractivity contribution is -0.117. The Bertz CT molecular complexity index is 552. The molecule has 1 N–H and O–H groups in total. The number of pyridine rings is 1. The van der Waals surface area contributed by atoms with Gasteiger partial charge < -0.3 is 5.32 Å². The number of nitrogens with one attached hydrogen (secondary N) is 1. The van der Waals surface area contributed by atoms with E-state index in [2.05, 4.69) is 10.3 Å². The molecule has 1 heterocycles. The fourth-order valence-corrected chi connectivity index (χ4v) is 2.08. The van der Waals surface area contributed by atoms with E-state index in [0.29, 0.717) is 5.82 Å². The summed E-state index contributed by atoms with van der Waals surface area (Å²) >= 11 is 0. The fourth-order valence-electron chi connectivity index (χ4n) is 2.08. The van der Waals surface area contributed by atoms with Gasteiger partial charge in [-0.15, -0.1) is 0 Å². The molecule has 0 aliphatic rings. The summed E-state index contributed by atoms with van der Waals surface area (Å²) in [6, 6.07) is 15.4. The number of hydrogen-bond donors (Lipinski definition) is 1. The minimum Gasteiger partial charge on any atom is -0.310 e. The number of aryl methyl sites for hydroxylation is 1. The highest BCUT2D eigenvalue weighted by Crippen LogP contribution is 2.21. The first-order valence-corrected chi connectivity index (χ1v) is 6.50. The molecule has 1 aromatic carbocycles. The average Bonchev–Trinajstić information content (AvgIpc) is 2.41. The Morgan fingerprint density at radius 2 is 1.89 bits per heavy atom. The zero-order chi connectivity index (χ0) is 13.7. The molecule has 1 amide bonds. The van der Waals surface area contributed by atoms with Crippen LogP contribution in [0.3, 0.4) is 0 Å². The number of anilines is 1. The zero-order valence-corrected chi connectivity index (χ0v) is 11.3. The molecule has 3 nitrogen and oxygen atoms in total. The van der Waals surface area contributed by atoms with E-state index in [1.54, 1.807) is 0 Å². The lowest BCUT2D eigenvalue weighted by Gasteiger charge is -2.15. The Labute approximate surface area is 113 Å². The molecule has 0 unspecified atom stereocenters. The maximum Gasteiger partial charge on any atom is 0.233 e. The number of aromatic nitrogens is 1. The van der Waals surface area contributed by atoms with Crippen molar-refractivity contribution in [3.05, 3.63) is 59.8 Å². The molecule has 19 heavy (non-hydrogen) atoms. The third kappa shape index (κ3) is 3.41. The van der Waals surface area contributed by atoms with Crippen molar-refractivity contribution in [2.75, 3.05) is 5.32 Å². The van der Waals surface area contributed by atoms with Gasteiger partial charge in [0, 0.05) is 5.69 Å². The molecular weight excluding hydrogens is 236 g/mol. The van der Waals surface area contributed by atoms with Crippen LogP contribution in [0.15, 0.2) is 48.5 Å². The fraction of sp³-hybridized carbons (Fsp3) is 0.250. The standard InChI is InChI=1S/C16H18N2O/c1-3-14(13-9-5-4-6-10-13)16(19)18-15-11-7-8-12(2)17-15/h4-11,14H,3H2,1-2H3,(H,17,18,19)/t14-/m1/s1. The first kappa shape index (κ1) is 13.3. The van der Waals surface area contributed by atoms with Crippen molar-refractivity contribution in [1.82, 2.24) is 4.98 Å². The van der Waals surface area contributed by atoms with Crippen LogP contribution in [0.2, 0.25) is 0 Å². The quantitative estimate of drug-likeness (QED) is 0.907. The Balaban J connectivity index is 2.14. The van der Waals surface area contributed by atoms with Gasteiger partial charge in [0.05, 0.1) is 5.92 Å². The van der Waals surface area contributed by atoms with Gasteiger partial charge in [-0.3, -0.25) is 4.79 Å². The number of carbonyl (C=O) groups is 1. The van der Waals surface area contributed by atoms with Gasteiger partial charge in [-0.1, -0.05) is 43.3 Å². The summed E-state index contributed by atoms with van der Waals surface area (Å²) in [4.78, 5) is 16.6. The first-order chi connectivity index (χ1) is 9.20. The number of rotatable bonds is 4. The van der Waals surface area contributed by atoms with Crippen LogP contribution in [0.4, 0.5) is 5.82 Å². The van der Waals surface area contributed by atoms with Crippen LogP contribution < -0.4 is 5.32 Å². The second-order valence-corrected chi connectivity index (χ2v) is 4.52. The van der Waals surface area contributed by atoms with Crippen molar-refractivity contribution >= 4 is 11.7 Å². The molecule has 98 valence electrons. The van der Waals surface area contributed by atoms with Gasteiger partial charge in [0.2, 0.25) is 5.91 Å². The van der Waals surface area contributed by atoms with Crippen LogP contribution in [0.1, 0.15) is 30.5 Å². The second-order valence-electron chi connectivity index (χ2n) is 4.52. The third-order valence-electron chi connectivity index (χ3n) is 3.07. The summed E-state index contributed by atoms with van der Waals surface area (Å²) in [6.07, 6.45) is 0.766. The lowest BCUT2D eigenvalue weighted by Crippen LogP contribution is -2.21. The van der Waals surface area contributed by atoms with Gasteiger partial charge in [-0.2, -0.15) is 0 Å².